The third kappa shape index (κ3) is 7.29. The number of nitrogens with one attached hydrogen (secondary N) is 2. The van der Waals surface area contributed by atoms with Gasteiger partial charge in [0.05, 0.1) is 6.42 Å². The predicted octanol–water partition coefficient (Wildman–Crippen LogP) is 2.54. The Morgan fingerprint density at radius 1 is 1.05 bits per heavy atom. The molecule has 1 aromatic rings. The van der Waals surface area contributed by atoms with Crippen LogP contribution >= 0.6 is 0 Å². The monoisotopic (exact) mass is 276 g/mol. The van der Waals surface area contributed by atoms with Gasteiger partial charge in [-0.2, -0.15) is 0 Å². The third-order valence-electron chi connectivity index (χ3n) is 3.08. The van der Waals surface area contributed by atoms with Gasteiger partial charge in [-0.25, -0.2) is 0 Å². The van der Waals surface area contributed by atoms with E-state index in [9.17, 15) is 4.79 Å². The lowest BCUT2D eigenvalue weighted by Gasteiger charge is -2.08. The van der Waals surface area contributed by atoms with E-state index in [4.69, 9.17) is 0 Å². The average Bonchev–Trinajstić information content (AvgIpc) is 2.40. The van der Waals surface area contributed by atoms with Crippen molar-refractivity contribution in [2.45, 2.75) is 40.0 Å². The fourth-order valence-electron chi connectivity index (χ4n) is 2.10. The molecule has 0 saturated carbocycles. The van der Waals surface area contributed by atoms with Gasteiger partial charge in [0.2, 0.25) is 5.91 Å². The maximum atomic E-state index is 11.8. The summed E-state index contributed by atoms with van der Waals surface area (Å²) in [5.41, 5.74) is 2.42. The fraction of sp³-hybridized carbons (Fsp3) is 0.588. The van der Waals surface area contributed by atoms with Crippen LogP contribution in [0.3, 0.4) is 0 Å². The molecule has 20 heavy (non-hydrogen) atoms. The Kier molecular flexibility index (Phi) is 7.97. The molecule has 0 aromatic heterocycles. The van der Waals surface area contributed by atoms with E-state index in [0.717, 1.165) is 31.5 Å². The summed E-state index contributed by atoms with van der Waals surface area (Å²) in [5, 5.41) is 6.20. The number of hydrogen-bond acceptors (Lipinski definition) is 2. The molecule has 0 heterocycles. The highest BCUT2D eigenvalue weighted by molar-refractivity contribution is 5.78. The summed E-state index contributed by atoms with van der Waals surface area (Å²) in [6.45, 7) is 9.11. The van der Waals surface area contributed by atoms with Gasteiger partial charge < -0.3 is 10.6 Å². The minimum absolute atomic E-state index is 0.0971. The minimum atomic E-state index is 0.0971. The SMILES string of the molecule is CCCNCCNC(=O)Cc1ccc(CC(C)C)cc1. The zero-order valence-electron chi connectivity index (χ0n) is 13.0. The first kappa shape index (κ1) is 16.7. The standard InChI is InChI=1S/C17H28N2O/c1-4-9-18-10-11-19-17(20)13-16-7-5-15(6-8-16)12-14(2)3/h5-8,14,18H,4,9-13H2,1-3H3,(H,19,20). The molecule has 2 N–H and O–H groups in total. The summed E-state index contributed by atoms with van der Waals surface area (Å²) >= 11 is 0. The van der Waals surface area contributed by atoms with Crippen molar-refractivity contribution in [2.24, 2.45) is 5.92 Å². The van der Waals surface area contributed by atoms with Crippen molar-refractivity contribution in [3.63, 3.8) is 0 Å². The number of carbonyl (C=O) groups excluding carboxylic acids is 1. The van der Waals surface area contributed by atoms with Crippen LogP contribution in [0.5, 0.6) is 0 Å². The average molecular weight is 276 g/mol. The van der Waals surface area contributed by atoms with Gasteiger partial charge in [-0.05, 0) is 36.4 Å². The predicted molar refractivity (Wildman–Crippen MR) is 84.9 cm³/mol. The van der Waals surface area contributed by atoms with E-state index in [-0.39, 0.29) is 5.91 Å². The Hall–Kier alpha value is -1.35. The smallest absolute Gasteiger partial charge is 0.224 e. The Morgan fingerprint density at radius 3 is 2.30 bits per heavy atom. The van der Waals surface area contributed by atoms with Crippen molar-refractivity contribution < 1.29 is 4.79 Å². The molecule has 112 valence electrons. The number of benzene rings is 1. The molecule has 0 radical (unpaired) electrons. The summed E-state index contributed by atoms with van der Waals surface area (Å²) in [6.07, 6.45) is 2.68. The van der Waals surface area contributed by atoms with Crippen LogP contribution < -0.4 is 10.6 Å². The first-order chi connectivity index (χ1) is 9.61. The molecule has 1 aromatic carbocycles. The molecule has 0 aliphatic carbocycles. The van der Waals surface area contributed by atoms with Crippen LogP contribution in [-0.2, 0) is 17.6 Å². The Labute approximate surface area is 123 Å². The Balaban J connectivity index is 2.27. The molecule has 0 atom stereocenters. The van der Waals surface area contributed by atoms with Crippen molar-refractivity contribution in [1.29, 1.82) is 0 Å². The molecular formula is C17H28N2O. The second-order valence-corrected chi connectivity index (χ2v) is 5.69. The first-order valence-corrected chi connectivity index (χ1v) is 7.67. The quantitative estimate of drug-likeness (QED) is 0.681. The van der Waals surface area contributed by atoms with Crippen LogP contribution in [0.4, 0.5) is 0 Å². The van der Waals surface area contributed by atoms with Gasteiger partial charge in [-0.3, -0.25) is 4.79 Å². The van der Waals surface area contributed by atoms with Gasteiger partial charge in [0.15, 0.2) is 0 Å². The topological polar surface area (TPSA) is 41.1 Å². The lowest BCUT2D eigenvalue weighted by atomic mass is 10.0. The molecule has 0 aliphatic heterocycles. The maximum Gasteiger partial charge on any atom is 0.224 e. The summed E-state index contributed by atoms with van der Waals surface area (Å²) in [5.74, 6) is 0.764. The highest BCUT2D eigenvalue weighted by Gasteiger charge is 2.03. The summed E-state index contributed by atoms with van der Waals surface area (Å²) < 4.78 is 0. The molecule has 3 heteroatoms. The second kappa shape index (κ2) is 9.54. The molecular weight excluding hydrogens is 248 g/mol. The molecule has 3 nitrogen and oxygen atoms in total. The normalized spacial score (nSPS) is 10.8. The zero-order chi connectivity index (χ0) is 14.8. The van der Waals surface area contributed by atoms with E-state index in [2.05, 4.69) is 55.7 Å². The molecule has 0 saturated heterocycles. The van der Waals surface area contributed by atoms with Gasteiger partial charge >= 0.3 is 0 Å². The molecule has 0 spiro atoms. The molecule has 1 rings (SSSR count). The van der Waals surface area contributed by atoms with E-state index < -0.39 is 0 Å². The maximum absolute atomic E-state index is 11.8. The number of hydrogen-bond donors (Lipinski definition) is 2. The van der Waals surface area contributed by atoms with Gasteiger partial charge in [0.1, 0.15) is 0 Å². The van der Waals surface area contributed by atoms with E-state index in [0.29, 0.717) is 18.9 Å². The first-order valence-electron chi connectivity index (χ1n) is 7.67. The van der Waals surface area contributed by atoms with Gasteiger partial charge in [0, 0.05) is 13.1 Å². The highest BCUT2D eigenvalue weighted by Crippen LogP contribution is 2.10. The lowest BCUT2D eigenvalue weighted by molar-refractivity contribution is -0.120. The zero-order valence-corrected chi connectivity index (χ0v) is 13.0. The van der Waals surface area contributed by atoms with Crippen LogP contribution in [-0.4, -0.2) is 25.5 Å². The van der Waals surface area contributed by atoms with Crippen molar-refractivity contribution in [3.8, 4) is 0 Å². The molecule has 0 unspecified atom stereocenters. The molecule has 0 aliphatic rings. The van der Waals surface area contributed by atoms with Crippen molar-refractivity contribution in [2.75, 3.05) is 19.6 Å². The van der Waals surface area contributed by atoms with Crippen LogP contribution in [0.2, 0.25) is 0 Å². The summed E-state index contributed by atoms with van der Waals surface area (Å²) in [6, 6.07) is 8.39. The van der Waals surface area contributed by atoms with Crippen LogP contribution in [0.15, 0.2) is 24.3 Å². The van der Waals surface area contributed by atoms with Crippen LogP contribution in [0.1, 0.15) is 38.3 Å². The lowest BCUT2D eigenvalue weighted by Crippen LogP contribution is -2.32. The van der Waals surface area contributed by atoms with E-state index >= 15 is 0 Å². The summed E-state index contributed by atoms with van der Waals surface area (Å²) in [7, 11) is 0. The van der Waals surface area contributed by atoms with Crippen molar-refractivity contribution >= 4 is 5.91 Å². The van der Waals surface area contributed by atoms with Gasteiger partial charge in [0.25, 0.3) is 0 Å². The van der Waals surface area contributed by atoms with Crippen LogP contribution in [0.25, 0.3) is 0 Å². The van der Waals surface area contributed by atoms with Crippen LogP contribution in [0, 0.1) is 5.92 Å². The van der Waals surface area contributed by atoms with Gasteiger partial charge in [-0.15, -0.1) is 0 Å². The molecule has 0 bridgehead atoms. The van der Waals surface area contributed by atoms with Crippen molar-refractivity contribution in [3.05, 3.63) is 35.4 Å². The number of carbonyl (C=O) groups is 1. The Bertz CT molecular complexity index is 384. The summed E-state index contributed by atoms with van der Waals surface area (Å²) in [4.78, 5) is 11.8. The third-order valence-corrected chi connectivity index (χ3v) is 3.08. The van der Waals surface area contributed by atoms with E-state index in [1.54, 1.807) is 0 Å². The highest BCUT2D eigenvalue weighted by atomic mass is 16.1. The Morgan fingerprint density at radius 2 is 1.70 bits per heavy atom. The second-order valence-electron chi connectivity index (χ2n) is 5.69. The minimum Gasteiger partial charge on any atom is -0.355 e. The molecule has 0 fully saturated rings. The van der Waals surface area contributed by atoms with E-state index in [1.165, 1.54) is 5.56 Å². The molecule has 1 amide bonds. The fourth-order valence-corrected chi connectivity index (χ4v) is 2.10. The largest absolute Gasteiger partial charge is 0.355 e. The van der Waals surface area contributed by atoms with Crippen molar-refractivity contribution in [1.82, 2.24) is 10.6 Å². The number of rotatable bonds is 9. The van der Waals surface area contributed by atoms with Gasteiger partial charge in [-0.1, -0.05) is 45.0 Å². The van der Waals surface area contributed by atoms with E-state index in [1.807, 2.05) is 0 Å². The number of amides is 1.